The number of nitrogens with one attached hydrogen (secondary N) is 1. The van der Waals surface area contributed by atoms with E-state index in [0.29, 0.717) is 17.8 Å². The number of aromatic nitrogens is 4. The highest BCUT2D eigenvalue weighted by Crippen LogP contribution is 2.53. The van der Waals surface area contributed by atoms with Gasteiger partial charge in [-0.15, -0.1) is 4.52 Å². The predicted molar refractivity (Wildman–Crippen MR) is 102 cm³/mol. The van der Waals surface area contributed by atoms with Gasteiger partial charge in [0.25, 0.3) is 5.56 Å². The molecule has 144 valence electrons. The number of aliphatic hydroxyl groups is 1. The molecule has 11 heteroatoms. The van der Waals surface area contributed by atoms with Crippen molar-refractivity contribution in [3.63, 3.8) is 0 Å². The molecular formula is C17H17N5O5P+. The van der Waals surface area contributed by atoms with E-state index in [2.05, 4.69) is 15.0 Å². The summed E-state index contributed by atoms with van der Waals surface area (Å²) in [6, 6.07) is 8.68. The summed E-state index contributed by atoms with van der Waals surface area (Å²) in [6.45, 7) is -0.156. The number of nitrogen functional groups attached to an aromatic ring is 1. The number of para-hydroxylation sites is 1. The van der Waals surface area contributed by atoms with E-state index in [-0.39, 0.29) is 24.7 Å². The number of hydrogen-bond donors (Lipinski definition) is 3. The van der Waals surface area contributed by atoms with Gasteiger partial charge in [0.05, 0.1) is 6.61 Å². The lowest BCUT2D eigenvalue weighted by Gasteiger charge is -2.06. The largest absolute Gasteiger partial charge is 0.750 e. The van der Waals surface area contributed by atoms with E-state index in [4.69, 9.17) is 14.8 Å². The standard InChI is InChI=1S/C17H16N5O5P/c18-16-20-14-13(15(24)21-16)19-10-22(14)7-11-6-17(11,8-23)9-26-28(25)27-12-4-2-1-3-5-12/h1-5,7,10,23H,6,8-9H2,(H2-,18,20,21,24)/p+1/b11-7-. The van der Waals surface area contributed by atoms with E-state index in [9.17, 15) is 14.5 Å². The Hall–Kier alpha value is -3.07. The van der Waals surface area contributed by atoms with Gasteiger partial charge in [-0.25, -0.2) is 9.51 Å². The number of aromatic amines is 1. The zero-order valence-electron chi connectivity index (χ0n) is 14.6. The molecule has 2 atom stereocenters. The zero-order valence-corrected chi connectivity index (χ0v) is 15.5. The Bertz CT molecular complexity index is 1130. The van der Waals surface area contributed by atoms with Crippen LogP contribution in [0.4, 0.5) is 5.95 Å². The quantitative estimate of drug-likeness (QED) is 0.506. The maximum Gasteiger partial charge on any atom is 0.750 e. The molecular weight excluding hydrogens is 385 g/mol. The molecule has 4 N–H and O–H groups in total. The SMILES string of the molecule is Nc1nc2c(ncn2/C=C2/CC2(CO)CO[P+](=O)Oc2ccccc2)c(=O)[nH]1. The summed E-state index contributed by atoms with van der Waals surface area (Å²) in [5.74, 6) is 0.423. The number of H-pyrrole nitrogens is 1. The van der Waals surface area contributed by atoms with Crippen LogP contribution in [0.3, 0.4) is 0 Å². The van der Waals surface area contributed by atoms with Crippen LogP contribution in [0.1, 0.15) is 6.42 Å². The third-order valence-corrected chi connectivity index (χ3v) is 5.20. The van der Waals surface area contributed by atoms with Gasteiger partial charge >= 0.3 is 8.25 Å². The normalized spacial score (nSPS) is 20.5. The maximum absolute atomic E-state index is 12.0. The van der Waals surface area contributed by atoms with Crippen LogP contribution in [0.5, 0.6) is 5.75 Å². The number of nitrogens with zero attached hydrogens (tertiary/aromatic N) is 3. The summed E-state index contributed by atoms with van der Waals surface area (Å²) in [6.07, 6.45) is 3.70. The lowest BCUT2D eigenvalue weighted by Crippen LogP contribution is -2.14. The fourth-order valence-electron chi connectivity index (χ4n) is 2.83. The highest BCUT2D eigenvalue weighted by Gasteiger charge is 2.51. The number of anilines is 1. The molecule has 1 saturated carbocycles. The van der Waals surface area contributed by atoms with Gasteiger partial charge in [-0.2, -0.15) is 4.98 Å². The first-order valence-corrected chi connectivity index (χ1v) is 9.48. The van der Waals surface area contributed by atoms with Gasteiger partial charge in [0.2, 0.25) is 5.95 Å². The van der Waals surface area contributed by atoms with Crippen molar-refractivity contribution in [1.29, 1.82) is 0 Å². The number of imidazole rings is 1. The average molecular weight is 402 g/mol. The van der Waals surface area contributed by atoms with Crippen molar-refractivity contribution in [2.24, 2.45) is 5.41 Å². The van der Waals surface area contributed by atoms with Crippen LogP contribution in [0.15, 0.2) is 47.0 Å². The van der Waals surface area contributed by atoms with Crippen molar-refractivity contribution in [2.75, 3.05) is 18.9 Å². The zero-order chi connectivity index (χ0) is 19.7. The Morgan fingerprint density at radius 3 is 2.93 bits per heavy atom. The summed E-state index contributed by atoms with van der Waals surface area (Å²) < 4.78 is 24.1. The second-order valence-electron chi connectivity index (χ2n) is 6.45. The molecule has 0 bridgehead atoms. The fourth-order valence-corrected chi connectivity index (χ4v) is 3.52. The third kappa shape index (κ3) is 3.53. The molecule has 0 aliphatic heterocycles. The second-order valence-corrected chi connectivity index (χ2v) is 7.33. The molecule has 1 aromatic carbocycles. The van der Waals surface area contributed by atoms with Crippen molar-refractivity contribution in [1.82, 2.24) is 19.5 Å². The van der Waals surface area contributed by atoms with Crippen molar-refractivity contribution in [3.8, 4) is 5.75 Å². The summed E-state index contributed by atoms with van der Waals surface area (Å²) >= 11 is 0. The smallest absolute Gasteiger partial charge is 0.395 e. The van der Waals surface area contributed by atoms with E-state index >= 15 is 0 Å². The van der Waals surface area contributed by atoms with Crippen molar-refractivity contribution >= 4 is 31.6 Å². The minimum atomic E-state index is -2.37. The fraction of sp³-hybridized carbons (Fsp3) is 0.235. The molecule has 28 heavy (non-hydrogen) atoms. The molecule has 0 radical (unpaired) electrons. The van der Waals surface area contributed by atoms with Crippen LogP contribution in [-0.2, 0) is 9.09 Å². The van der Waals surface area contributed by atoms with E-state index in [1.165, 1.54) is 6.33 Å². The maximum atomic E-state index is 12.0. The van der Waals surface area contributed by atoms with Crippen molar-refractivity contribution in [3.05, 3.63) is 52.6 Å². The monoisotopic (exact) mass is 402 g/mol. The molecule has 2 heterocycles. The minimum Gasteiger partial charge on any atom is -0.395 e. The van der Waals surface area contributed by atoms with Crippen LogP contribution in [0.25, 0.3) is 17.4 Å². The minimum absolute atomic E-state index is 0.0136. The summed E-state index contributed by atoms with van der Waals surface area (Å²) in [5.41, 5.74) is 5.82. The van der Waals surface area contributed by atoms with Gasteiger partial charge in [0.15, 0.2) is 16.9 Å². The Labute approximate surface area is 159 Å². The lowest BCUT2D eigenvalue weighted by molar-refractivity contribution is 0.153. The van der Waals surface area contributed by atoms with Gasteiger partial charge < -0.3 is 10.8 Å². The third-order valence-electron chi connectivity index (χ3n) is 4.50. The van der Waals surface area contributed by atoms with Crippen LogP contribution in [0.2, 0.25) is 0 Å². The average Bonchev–Trinajstić information content (AvgIpc) is 3.22. The highest BCUT2D eigenvalue weighted by atomic mass is 31.1. The number of aliphatic hydroxyl groups excluding tert-OH is 1. The number of benzene rings is 1. The first kappa shape index (κ1) is 18.3. The second kappa shape index (κ2) is 7.16. The Balaban J connectivity index is 1.47. The molecule has 0 amide bonds. The van der Waals surface area contributed by atoms with Gasteiger partial charge in [-0.1, -0.05) is 18.2 Å². The molecule has 2 unspecified atom stereocenters. The van der Waals surface area contributed by atoms with Crippen molar-refractivity contribution < 1.29 is 18.7 Å². The molecule has 2 aromatic heterocycles. The molecule has 0 saturated heterocycles. The number of fused-ring (bicyclic) bond motifs is 1. The van der Waals surface area contributed by atoms with Crippen molar-refractivity contribution in [2.45, 2.75) is 6.42 Å². The van der Waals surface area contributed by atoms with Gasteiger partial charge in [-0.05, 0) is 24.1 Å². The number of hydrogen-bond acceptors (Lipinski definition) is 8. The Morgan fingerprint density at radius 1 is 1.39 bits per heavy atom. The van der Waals surface area contributed by atoms with Gasteiger partial charge in [0, 0.05) is 16.2 Å². The molecule has 1 aliphatic carbocycles. The molecule has 0 spiro atoms. The predicted octanol–water partition coefficient (Wildman–Crippen LogP) is 1.68. The van der Waals surface area contributed by atoms with Gasteiger partial charge in [-0.3, -0.25) is 14.3 Å². The molecule has 4 rings (SSSR count). The van der Waals surface area contributed by atoms with Gasteiger partial charge in [0.1, 0.15) is 12.9 Å². The van der Waals surface area contributed by atoms with E-state index in [1.54, 1.807) is 35.0 Å². The van der Waals surface area contributed by atoms with Crippen LogP contribution in [0, 0.1) is 5.41 Å². The first-order valence-electron chi connectivity index (χ1n) is 8.38. The molecule has 10 nitrogen and oxygen atoms in total. The summed E-state index contributed by atoms with van der Waals surface area (Å²) in [7, 11) is -2.37. The topological polar surface area (TPSA) is 145 Å². The summed E-state index contributed by atoms with van der Waals surface area (Å²) in [4.78, 5) is 22.4. The Kier molecular flexibility index (Phi) is 4.68. The van der Waals surface area contributed by atoms with Crippen LogP contribution >= 0.6 is 8.25 Å². The number of nitrogens with two attached hydrogens (primary N) is 1. The van der Waals surface area contributed by atoms with Crippen LogP contribution in [-0.4, -0.2) is 37.8 Å². The summed E-state index contributed by atoms with van der Waals surface area (Å²) in [5, 5.41) is 9.79. The van der Waals surface area contributed by atoms with Crippen LogP contribution < -0.4 is 15.8 Å². The highest BCUT2D eigenvalue weighted by molar-refractivity contribution is 7.33. The van der Waals surface area contributed by atoms with E-state index in [0.717, 1.165) is 5.57 Å². The lowest BCUT2D eigenvalue weighted by atomic mass is 10.1. The number of rotatable bonds is 7. The molecule has 1 aliphatic rings. The molecule has 1 fully saturated rings. The van der Waals surface area contributed by atoms with E-state index in [1.807, 2.05) is 6.07 Å². The van der Waals surface area contributed by atoms with E-state index < -0.39 is 19.2 Å². The Morgan fingerprint density at radius 2 is 2.18 bits per heavy atom. The first-order chi connectivity index (χ1) is 13.5. The molecule has 3 aromatic rings.